The lowest BCUT2D eigenvalue weighted by atomic mass is 10.2. The SMILES string of the molecule is O=C(CSc1ccc(Cl)cc1)N1CCCC1CO. The summed E-state index contributed by atoms with van der Waals surface area (Å²) in [5.74, 6) is 0.518. The van der Waals surface area contributed by atoms with E-state index in [1.54, 1.807) is 4.90 Å². The molecule has 1 saturated heterocycles. The highest BCUT2D eigenvalue weighted by Crippen LogP contribution is 2.23. The van der Waals surface area contributed by atoms with Gasteiger partial charge in [-0.25, -0.2) is 0 Å². The predicted octanol–water partition coefficient (Wildman–Crippen LogP) is 2.42. The first-order valence-electron chi connectivity index (χ1n) is 5.99. The average molecular weight is 286 g/mol. The highest BCUT2D eigenvalue weighted by atomic mass is 35.5. The molecule has 0 saturated carbocycles. The van der Waals surface area contributed by atoms with E-state index in [0.717, 1.165) is 24.3 Å². The third-order valence-electron chi connectivity index (χ3n) is 3.08. The van der Waals surface area contributed by atoms with E-state index in [0.29, 0.717) is 10.8 Å². The summed E-state index contributed by atoms with van der Waals surface area (Å²) in [4.78, 5) is 14.9. The lowest BCUT2D eigenvalue weighted by Gasteiger charge is -2.22. The molecule has 1 aliphatic rings. The summed E-state index contributed by atoms with van der Waals surface area (Å²) in [6.07, 6.45) is 1.90. The Morgan fingerprint density at radius 3 is 2.83 bits per heavy atom. The van der Waals surface area contributed by atoms with Crippen molar-refractivity contribution in [2.45, 2.75) is 23.8 Å². The van der Waals surface area contributed by atoms with Crippen LogP contribution in [-0.4, -0.2) is 40.9 Å². The van der Waals surface area contributed by atoms with Crippen LogP contribution >= 0.6 is 23.4 Å². The van der Waals surface area contributed by atoms with Gasteiger partial charge in [-0.1, -0.05) is 11.6 Å². The molecule has 1 aromatic rings. The lowest BCUT2D eigenvalue weighted by molar-refractivity contribution is -0.129. The number of halogens is 1. The normalized spacial score (nSPS) is 19.2. The molecular weight excluding hydrogens is 270 g/mol. The molecule has 1 fully saturated rings. The van der Waals surface area contributed by atoms with Crippen molar-refractivity contribution in [1.29, 1.82) is 0 Å². The molecule has 98 valence electrons. The summed E-state index contributed by atoms with van der Waals surface area (Å²) in [6.45, 7) is 0.836. The van der Waals surface area contributed by atoms with Crippen molar-refractivity contribution >= 4 is 29.3 Å². The number of aliphatic hydroxyl groups is 1. The number of hydrogen-bond acceptors (Lipinski definition) is 3. The molecule has 5 heteroatoms. The molecule has 0 aliphatic carbocycles. The van der Waals surface area contributed by atoms with Crippen LogP contribution in [0.2, 0.25) is 5.02 Å². The third kappa shape index (κ3) is 3.40. The number of hydrogen-bond donors (Lipinski definition) is 1. The maximum absolute atomic E-state index is 12.0. The summed E-state index contributed by atoms with van der Waals surface area (Å²) in [5.41, 5.74) is 0. The number of carbonyl (C=O) groups excluding carboxylic acids is 1. The minimum atomic E-state index is 0.0170. The van der Waals surface area contributed by atoms with Crippen molar-refractivity contribution < 1.29 is 9.90 Å². The fourth-order valence-corrected chi connectivity index (χ4v) is 3.02. The molecule has 1 amide bonds. The zero-order chi connectivity index (χ0) is 13.0. The summed E-state index contributed by atoms with van der Waals surface area (Å²) in [6, 6.07) is 7.48. The molecule has 1 heterocycles. The van der Waals surface area contributed by atoms with Gasteiger partial charge in [-0.2, -0.15) is 0 Å². The lowest BCUT2D eigenvalue weighted by Crippen LogP contribution is -2.38. The standard InChI is InChI=1S/C13H16ClNO2S/c14-10-3-5-12(6-4-10)18-9-13(17)15-7-1-2-11(15)8-16/h3-6,11,16H,1-2,7-9H2. The topological polar surface area (TPSA) is 40.5 Å². The van der Waals surface area contributed by atoms with Gasteiger partial charge in [0.2, 0.25) is 5.91 Å². The van der Waals surface area contributed by atoms with Crippen molar-refractivity contribution in [2.75, 3.05) is 18.9 Å². The number of nitrogens with zero attached hydrogens (tertiary/aromatic N) is 1. The van der Waals surface area contributed by atoms with Crippen LogP contribution in [0.25, 0.3) is 0 Å². The molecule has 0 spiro atoms. The molecule has 18 heavy (non-hydrogen) atoms. The second-order valence-corrected chi connectivity index (χ2v) is 5.79. The molecule has 1 unspecified atom stereocenters. The van der Waals surface area contributed by atoms with Crippen LogP contribution in [0.4, 0.5) is 0 Å². The molecule has 0 bridgehead atoms. The van der Waals surface area contributed by atoms with Gasteiger partial charge in [0.1, 0.15) is 0 Å². The van der Waals surface area contributed by atoms with E-state index < -0.39 is 0 Å². The molecule has 0 radical (unpaired) electrons. The number of carbonyl (C=O) groups is 1. The van der Waals surface area contributed by atoms with Crippen LogP contribution in [0.5, 0.6) is 0 Å². The van der Waals surface area contributed by atoms with E-state index in [2.05, 4.69) is 0 Å². The molecule has 1 aliphatic heterocycles. The predicted molar refractivity (Wildman–Crippen MR) is 74.0 cm³/mol. The number of thioether (sulfide) groups is 1. The minimum Gasteiger partial charge on any atom is -0.394 e. The number of aliphatic hydroxyl groups excluding tert-OH is 1. The van der Waals surface area contributed by atoms with Gasteiger partial charge in [0, 0.05) is 16.5 Å². The number of rotatable bonds is 4. The van der Waals surface area contributed by atoms with Crippen LogP contribution in [0.3, 0.4) is 0 Å². The molecule has 2 rings (SSSR count). The maximum atomic E-state index is 12.0. The Morgan fingerprint density at radius 2 is 2.17 bits per heavy atom. The number of benzene rings is 1. The Morgan fingerprint density at radius 1 is 1.44 bits per heavy atom. The van der Waals surface area contributed by atoms with E-state index >= 15 is 0 Å². The van der Waals surface area contributed by atoms with E-state index in [1.807, 2.05) is 24.3 Å². The van der Waals surface area contributed by atoms with Gasteiger partial charge in [0.05, 0.1) is 18.4 Å². The van der Waals surface area contributed by atoms with Gasteiger partial charge in [-0.15, -0.1) is 11.8 Å². The van der Waals surface area contributed by atoms with E-state index in [4.69, 9.17) is 11.6 Å². The Balaban J connectivity index is 1.86. The summed E-state index contributed by atoms with van der Waals surface area (Å²) in [7, 11) is 0. The zero-order valence-corrected chi connectivity index (χ0v) is 11.6. The average Bonchev–Trinajstić information content (AvgIpc) is 2.86. The monoisotopic (exact) mass is 285 g/mol. The van der Waals surface area contributed by atoms with Gasteiger partial charge in [0.25, 0.3) is 0 Å². The quantitative estimate of drug-likeness (QED) is 0.864. The van der Waals surface area contributed by atoms with Crippen LogP contribution < -0.4 is 0 Å². The second-order valence-electron chi connectivity index (χ2n) is 4.31. The van der Waals surface area contributed by atoms with Crippen LogP contribution in [-0.2, 0) is 4.79 Å². The maximum Gasteiger partial charge on any atom is 0.233 e. The molecular formula is C13H16ClNO2S. The summed E-state index contributed by atoms with van der Waals surface area (Å²) in [5, 5.41) is 9.89. The van der Waals surface area contributed by atoms with E-state index in [1.165, 1.54) is 11.8 Å². The third-order valence-corrected chi connectivity index (χ3v) is 4.33. The first-order valence-corrected chi connectivity index (χ1v) is 7.36. The Hall–Kier alpha value is -0.710. The first kappa shape index (κ1) is 13.7. The molecule has 1 N–H and O–H groups in total. The zero-order valence-electron chi connectivity index (χ0n) is 10.0. The van der Waals surface area contributed by atoms with Gasteiger partial charge in [-0.3, -0.25) is 4.79 Å². The molecule has 0 aromatic heterocycles. The summed E-state index contributed by atoms with van der Waals surface area (Å²) >= 11 is 7.31. The highest BCUT2D eigenvalue weighted by molar-refractivity contribution is 8.00. The van der Waals surface area contributed by atoms with E-state index in [9.17, 15) is 9.90 Å². The fourth-order valence-electron chi connectivity index (χ4n) is 2.11. The molecule has 3 nitrogen and oxygen atoms in total. The Labute approximate surface area is 116 Å². The first-order chi connectivity index (χ1) is 8.70. The number of likely N-dealkylation sites (tertiary alicyclic amines) is 1. The summed E-state index contributed by atoms with van der Waals surface area (Å²) < 4.78 is 0. The van der Waals surface area contributed by atoms with Crippen molar-refractivity contribution in [1.82, 2.24) is 4.90 Å². The smallest absolute Gasteiger partial charge is 0.233 e. The van der Waals surface area contributed by atoms with Gasteiger partial charge in [-0.05, 0) is 37.1 Å². The van der Waals surface area contributed by atoms with Crippen LogP contribution in [0.15, 0.2) is 29.2 Å². The van der Waals surface area contributed by atoms with Crippen LogP contribution in [0, 0.1) is 0 Å². The minimum absolute atomic E-state index is 0.0170. The van der Waals surface area contributed by atoms with E-state index in [-0.39, 0.29) is 18.6 Å². The molecule has 1 atom stereocenters. The van der Waals surface area contributed by atoms with Crippen molar-refractivity contribution in [2.24, 2.45) is 0 Å². The highest BCUT2D eigenvalue weighted by Gasteiger charge is 2.27. The largest absolute Gasteiger partial charge is 0.394 e. The fraction of sp³-hybridized carbons (Fsp3) is 0.462. The van der Waals surface area contributed by atoms with Crippen molar-refractivity contribution in [3.05, 3.63) is 29.3 Å². The van der Waals surface area contributed by atoms with Crippen molar-refractivity contribution in [3.63, 3.8) is 0 Å². The number of amides is 1. The Kier molecular flexibility index (Phi) is 4.92. The van der Waals surface area contributed by atoms with Crippen molar-refractivity contribution in [3.8, 4) is 0 Å². The second kappa shape index (κ2) is 6.45. The van der Waals surface area contributed by atoms with Crippen LogP contribution in [0.1, 0.15) is 12.8 Å². The Bertz CT molecular complexity index is 410. The van der Waals surface area contributed by atoms with Gasteiger partial charge >= 0.3 is 0 Å². The van der Waals surface area contributed by atoms with Gasteiger partial charge in [0.15, 0.2) is 0 Å². The molecule has 1 aromatic carbocycles. The van der Waals surface area contributed by atoms with Gasteiger partial charge < -0.3 is 10.0 Å².